The molecule has 0 bridgehead atoms. The third-order valence-electron chi connectivity index (χ3n) is 2.44. The van der Waals surface area contributed by atoms with E-state index in [0.717, 1.165) is 5.02 Å². The molecule has 1 rings (SSSR count). The van der Waals surface area contributed by atoms with Gasteiger partial charge in [-0.2, -0.15) is 0 Å². The number of halogens is 1. The molecule has 0 aliphatic carbocycles. The summed E-state index contributed by atoms with van der Waals surface area (Å²) in [6, 6.07) is 7.92. The van der Waals surface area contributed by atoms with Crippen molar-refractivity contribution in [3.05, 3.63) is 40.4 Å². The summed E-state index contributed by atoms with van der Waals surface area (Å²) in [6.45, 7) is 8.81. The third-order valence-corrected chi connectivity index (χ3v) is 2.69. The monoisotopic (exact) mass is 208 g/mol. The molecule has 0 nitrogen and oxygen atoms in total. The van der Waals surface area contributed by atoms with Crippen LogP contribution in [-0.2, 0) is 0 Å². The summed E-state index contributed by atoms with van der Waals surface area (Å²) in [4.78, 5) is 0. The Hall–Kier alpha value is -0.750. The molecule has 0 aliphatic heterocycles. The topological polar surface area (TPSA) is 0 Å². The van der Waals surface area contributed by atoms with Gasteiger partial charge in [0, 0.05) is 5.02 Å². The van der Waals surface area contributed by atoms with E-state index in [1.165, 1.54) is 11.1 Å². The second-order valence-corrected chi connectivity index (χ2v) is 5.07. The molecule has 0 aliphatic rings. The second-order valence-electron chi connectivity index (χ2n) is 4.63. The van der Waals surface area contributed by atoms with Crippen LogP contribution in [0.15, 0.2) is 29.8 Å². The second kappa shape index (κ2) is 4.18. The fourth-order valence-electron chi connectivity index (χ4n) is 1.03. The molecule has 0 radical (unpaired) electrons. The van der Waals surface area contributed by atoms with Crippen LogP contribution in [0.1, 0.15) is 33.3 Å². The Balaban J connectivity index is 2.93. The number of benzene rings is 1. The smallest absolute Gasteiger partial charge is 0.0406 e. The molecule has 0 unspecified atom stereocenters. The van der Waals surface area contributed by atoms with Crippen LogP contribution in [0.2, 0.25) is 5.02 Å². The molecule has 0 amide bonds. The minimum absolute atomic E-state index is 0.236. The summed E-state index contributed by atoms with van der Waals surface area (Å²) >= 11 is 5.82. The van der Waals surface area contributed by atoms with Crippen molar-refractivity contribution in [1.82, 2.24) is 0 Å². The fraction of sp³-hybridized carbons (Fsp3) is 0.385. The van der Waals surface area contributed by atoms with E-state index in [-0.39, 0.29) is 5.41 Å². The van der Waals surface area contributed by atoms with Gasteiger partial charge >= 0.3 is 0 Å². The number of rotatable bonds is 1. The standard InChI is InChI=1S/C13H17Cl/c1-10(13(2,3)4)9-11-5-7-12(14)8-6-11/h5-9H,1-4H3/b10-9+. The zero-order valence-electron chi connectivity index (χ0n) is 9.26. The van der Waals surface area contributed by atoms with Gasteiger partial charge in [0.2, 0.25) is 0 Å². The molecule has 0 saturated carbocycles. The van der Waals surface area contributed by atoms with Crippen molar-refractivity contribution in [1.29, 1.82) is 0 Å². The van der Waals surface area contributed by atoms with Gasteiger partial charge in [-0.05, 0) is 30.0 Å². The van der Waals surface area contributed by atoms with Crippen molar-refractivity contribution in [2.75, 3.05) is 0 Å². The van der Waals surface area contributed by atoms with Gasteiger partial charge in [-0.25, -0.2) is 0 Å². The molecule has 14 heavy (non-hydrogen) atoms. The summed E-state index contributed by atoms with van der Waals surface area (Å²) in [7, 11) is 0. The molecule has 1 heteroatoms. The van der Waals surface area contributed by atoms with E-state index in [0.29, 0.717) is 0 Å². The van der Waals surface area contributed by atoms with Crippen molar-refractivity contribution in [3.63, 3.8) is 0 Å². The largest absolute Gasteiger partial charge is 0.0843 e. The lowest BCUT2D eigenvalue weighted by Crippen LogP contribution is -2.05. The maximum atomic E-state index is 5.82. The first-order valence-corrected chi connectivity index (χ1v) is 5.22. The van der Waals surface area contributed by atoms with Crippen LogP contribution < -0.4 is 0 Å². The van der Waals surface area contributed by atoms with Gasteiger partial charge in [0.15, 0.2) is 0 Å². The van der Waals surface area contributed by atoms with Gasteiger partial charge in [-0.15, -0.1) is 0 Å². The molecule has 0 fully saturated rings. The van der Waals surface area contributed by atoms with Crippen LogP contribution >= 0.6 is 11.6 Å². The van der Waals surface area contributed by atoms with Crippen LogP contribution in [-0.4, -0.2) is 0 Å². The number of hydrogen-bond donors (Lipinski definition) is 0. The molecule has 0 heterocycles. The van der Waals surface area contributed by atoms with Gasteiger partial charge in [0.05, 0.1) is 0 Å². The lowest BCUT2D eigenvalue weighted by molar-refractivity contribution is 0.508. The molecule has 0 spiro atoms. The Bertz CT molecular complexity index is 325. The van der Waals surface area contributed by atoms with Crippen LogP contribution in [0.25, 0.3) is 6.08 Å². The maximum absolute atomic E-state index is 5.82. The lowest BCUT2D eigenvalue weighted by atomic mass is 9.86. The predicted octanol–water partition coefficient (Wildman–Crippen LogP) is 4.79. The van der Waals surface area contributed by atoms with E-state index in [4.69, 9.17) is 11.6 Å². The van der Waals surface area contributed by atoms with E-state index in [2.05, 4.69) is 33.8 Å². The van der Waals surface area contributed by atoms with Crippen molar-refractivity contribution in [3.8, 4) is 0 Å². The van der Waals surface area contributed by atoms with E-state index in [1.807, 2.05) is 24.3 Å². The molecule has 0 atom stereocenters. The van der Waals surface area contributed by atoms with E-state index < -0.39 is 0 Å². The summed E-state index contributed by atoms with van der Waals surface area (Å²) in [5.74, 6) is 0. The van der Waals surface area contributed by atoms with E-state index in [1.54, 1.807) is 0 Å². The molecule has 0 N–H and O–H groups in total. The normalized spacial score (nSPS) is 13.1. The highest BCUT2D eigenvalue weighted by molar-refractivity contribution is 6.30. The number of allylic oxidation sites excluding steroid dienone is 1. The Morgan fingerprint density at radius 3 is 2.07 bits per heavy atom. The molecule has 0 saturated heterocycles. The first-order chi connectivity index (χ1) is 6.39. The van der Waals surface area contributed by atoms with Crippen molar-refractivity contribution >= 4 is 17.7 Å². The molecule has 1 aromatic carbocycles. The number of hydrogen-bond acceptors (Lipinski definition) is 0. The van der Waals surface area contributed by atoms with Crippen molar-refractivity contribution < 1.29 is 0 Å². The van der Waals surface area contributed by atoms with Gasteiger partial charge in [0.1, 0.15) is 0 Å². The van der Waals surface area contributed by atoms with Gasteiger partial charge in [-0.3, -0.25) is 0 Å². The Morgan fingerprint density at radius 2 is 1.64 bits per heavy atom. The highest BCUT2D eigenvalue weighted by atomic mass is 35.5. The SMILES string of the molecule is C/C(=C\c1ccc(Cl)cc1)C(C)(C)C. The highest BCUT2D eigenvalue weighted by Gasteiger charge is 2.11. The van der Waals surface area contributed by atoms with E-state index >= 15 is 0 Å². The minimum Gasteiger partial charge on any atom is -0.0843 e. The lowest BCUT2D eigenvalue weighted by Gasteiger charge is -2.19. The maximum Gasteiger partial charge on any atom is 0.0406 e. The van der Waals surface area contributed by atoms with E-state index in [9.17, 15) is 0 Å². The Kier molecular flexibility index (Phi) is 3.38. The summed E-state index contributed by atoms with van der Waals surface area (Å²) < 4.78 is 0. The molecule has 0 aromatic heterocycles. The molecule has 1 aromatic rings. The first-order valence-electron chi connectivity index (χ1n) is 4.84. The van der Waals surface area contributed by atoms with Gasteiger partial charge in [0.25, 0.3) is 0 Å². The Labute approximate surface area is 91.6 Å². The van der Waals surface area contributed by atoms with Crippen LogP contribution in [0, 0.1) is 5.41 Å². The van der Waals surface area contributed by atoms with Crippen LogP contribution in [0.4, 0.5) is 0 Å². The van der Waals surface area contributed by atoms with Gasteiger partial charge in [-0.1, -0.05) is 56.2 Å². The average Bonchev–Trinajstić information content (AvgIpc) is 2.07. The van der Waals surface area contributed by atoms with Crippen LogP contribution in [0.5, 0.6) is 0 Å². The fourth-order valence-corrected chi connectivity index (χ4v) is 1.15. The zero-order valence-corrected chi connectivity index (χ0v) is 10.0. The predicted molar refractivity (Wildman–Crippen MR) is 64.6 cm³/mol. The highest BCUT2D eigenvalue weighted by Crippen LogP contribution is 2.26. The van der Waals surface area contributed by atoms with Gasteiger partial charge < -0.3 is 0 Å². The summed E-state index contributed by atoms with van der Waals surface area (Å²) in [5, 5.41) is 0.788. The third kappa shape index (κ3) is 3.19. The quantitative estimate of drug-likeness (QED) is 0.623. The molecule has 76 valence electrons. The summed E-state index contributed by atoms with van der Waals surface area (Å²) in [5.41, 5.74) is 2.82. The summed E-state index contributed by atoms with van der Waals surface area (Å²) in [6.07, 6.45) is 2.20. The minimum atomic E-state index is 0.236. The first kappa shape index (κ1) is 11.3. The zero-order chi connectivity index (χ0) is 10.8. The molecular weight excluding hydrogens is 192 g/mol. The van der Waals surface area contributed by atoms with Crippen LogP contribution in [0.3, 0.4) is 0 Å². The Morgan fingerprint density at radius 1 is 1.14 bits per heavy atom. The van der Waals surface area contributed by atoms with Crippen molar-refractivity contribution in [2.45, 2.75) is 27.7 Å². The van der Waals surface area contributed by atoms with Crippen molar-refractivity contribution in [2.24, 2.45) is 5.41 Å². The molecular formula is C13H17Cl. The average molecular weight is 209 g/mol.